The van der Waals surface area contributed by atoms with Gasteiger partial charge >= 0.3 is 0 Å². The first-order chi connectivity index (χ1) is 6.60. The summed E-state index contributed by atoms with van der Waals surface area (Å²) in [5.74, 6) is 0.0272. The van der Waals surface area contributed by atoms with Gasteiger partial charge in [0.05, 0.1) is 25.4 Å². The van der Waals surface area contributed by atoms with E-state index in [-0.39, 0.29) is 18.1 Å². The minimum absolute atomic E-state index is 0.0272. The minimum Gasteiger partial charge on any atom is -0.382 e. The van der Waals surface area contributed by atoms with Crippen LogP contribution >= 0.6 is 0 Å². The Kier molecular flexibility index (Phi) is 7.52. The van der Waals surface area contributed by atoms with E-state index in [0.29, 0.717) is 19.5 Å². The van der Waals surface area contributed by atoms with Crippen molar-refractivity contribution in [2.45, 2.75) is 32.3 Å². The third kappa shape index (κ3) is 6.92. The highest BCUT2D eigenvalue weighted by molar-refractivity contribution is 6.19. The van der Waals surface area contributed by atoms with Gasteiger partial charge in [-0.25, -0.2) is 0 Å². The molecule has 0 aromatic rings. The lowest BCUT2D eigenvalue weighted by Crippen LogP contribution is -2.41. The van der Waals surface area contributed by atoms with E-state index in [1.54, 1.807) is 7.11 Å². The Hall–Kier alpha value is -0.545. The number of carbonyl (C=O) groups is 1. The van der Waals surface area contributed by atoms with Crippen molar-refractivity contribution in [2.75, 3.05) is 20.3 Å². The zero-order chi connectivity index (χ0) is 11.0. The average molecular weight is 201 g/mol. The predicted molar refractivity (Wildman–Crippen MR) is 58.2 cm³/mol. The average Bonchev–Trinajstić information content (AvgIpc) is 2.14. The molecule has 4 nitrogen and oxygen atoms in total. The zero-order valence-corrected chi connectivity index (χ0v) is 9.50. The summed E-state index contributed by atoms with van der Waals surface area (Å²) >= 11 is 0. The van der Waals surface area contributed by atoms with Crippen LogP contribution in [0, 0.1) is 0 Å². The second-order valence-electron chi connectivity index (χ2n) is 3.46. The molecule has 14 heavy (non-hydrogen) atoms. The van der Waals surface area contributed by atoms with Crippen molar-refractivity contribution in [1.82, 2.24) is 5.32 Å². The molecule has 0 aliphatic rings. The maximum absolute atomic E-state index is 11.1. The van der Waals surface area contributed by atoms with Crippen LogP contribution in [0.1, 0.15) is 13.8 Å². The van der Waals surface area contributed by atoms with E-state index in [0.717, 1.165) is 0 Å². The van der Waals surface area contributed by atoms with Gasteiger partial charge in [0.15, 0.2) is 0 Å². The van der Waals surface area contributed by atoms with Crippen molar-refractivity contribution in [1.29, 1.82) is 0 Å². The lowest BCUT2D eigenvalue weighted by atomic mass is 10.0. The monoisotopic (exact) mass is 201 g/mol. The maximum Gasteiger partial charge on any atom is 0.212 e. The Morgan fingerprint density at radius 3 is 2.50 bits per heavy atom. The molecule has 82 valence electrons. The zero-order valence-electron chi connectivity index (χ0n) is 9.50. The molecular formula is C9H20BNO3. The summed E-state index contributed by atoms with van der Waals surface area (Å²) < 4.78 is 10.4. The number of carbonyl (C=O) groups excluding carboxylic acids is 1. The van der Waals surface area contributed by atoms with Crippen LogP contribution < -0.4 is 5.32 Å². The number of rotatable bonds is 7. The molecule has 0 radical (unpaired) electrons. The largest absolute Gasteiger partial charge is 0.382 e. The summed E-state index contributed by atoms with van der Waals surface area (Å²) in [6, 6.07) is -0.0464. The number of hydrogen-bond acceptors (Lipinski definition) is 3. The first kappa shape index (κ1) is 13.5. The van der Waals surface area contributed by atoms with Crippen molar-refractivity contribution in [3.8, 4) is 0 Å². The van der Waals surface area contributed by atoms with E-state index < -0.39 is 0 Å². The van der Waals surface area contributed by atoms with Gasteiger partial charge in [0.2, 0.25) is 5.91 Å². The summed E-state index contributed by atoms with van der Waals surface area (Å²) in [5, 5.41) is 2.83. The van der Waals surface area contributed by atoms with Gasteiger partial charge in [-0.15, -0.1) is 0 Å². The number of nitrogens with one attached hydrogen (secondary N) is 1. The SMILES string of the molecule is BCC(=O)NC(COC)COC(C)C. The Bertz CT molecular complexity index is 164. The van der Waals surface area contributed by atoms with Crippen molar-refractivity contribution in [3.63, 3.8) is 0 Å². The summed E-state index contributed by atoms with van der Waals surface area (Å²) in [4.78, 5) is 11.1. The van der Waals surface area contributed by atoms with E-state index in [1.807, 2.05) is 21.7 Å². The van der Waals surface area contributed by atoms with Gasteiger partial charge in [0.1, 0.15) is 7.85 Å². The fourth-order valence-electron chi connectivity index (χ4n) is 0.971. The van der Waals surface area contributed by atoms with E-state index in [1.165, 1.54) is 0 Å². The summed E-state index contributed by atoms with van der Waals surface area (Å²) in [6.45, 7) is 4.91. The molecule has 0 aliphatic heterocycles. The molecule has 0 aromatic carbocycles. The first-order valence-corrected chi connectivity index (χ1v) is 5.00. The summed E-state index contributed by atoms with van der Waals surface area (Å²) in [5.41, 5.74) is 0. The van der Waals surface area contributed by atoms with Crippen LogP contribution in [0.4, 0.5) is 0 Å². The van der Waals surface area contributed by atoms with Crippen LogP contribution in [0.5, 0.6) is 0 Å². The highest BCUT2D eigenvalue weighted by Gasteiger charge is 2.11. The Labute approximate surface area is 86.7 Å². The third-order valence-electron chi connectivity index (χ3n) is 1.68. The van der Waals surface area contributed by atoms with Gasteiger partial charge in [-0.05, 0) is 20.2 Å². The fraction of sp³-hybridized carbons (Fsp3) is 0.889. The number of methoxy groups -OCH3 is 1. The lowest BCUT2D eigenvalue weighted by molar-refractivity contribution is -0.120. The lowest BCUT2D eigenvalue weighted by Gasteiger charge is -2.19. The second-order valence-corrected chi connectivity index (χ2v) is 3.46. The number of hydrogen-bond donors (Lipinski definition) is 1. The number of amides is 1. The quantitative estimate of drug-likeness (QED) is 0.570. The van der Waals surface area contributed by atoms with Crippen LogP contribution in [0.3, 0.4) is 0 Å². The molecule has 0 fully saturated rings. The summed E-state index contributed by atoms with van der Waals surface area (Å²) in [6.07, 6.45) is 0.662. The van der Waals surface area contributed by atoms with Gasteiger partial charge in [0.25, 0.3) is 0 Å². The molecule has 0 rings (SSSR count). The molecule has 1 atom stereocenters. The Morgan fingerprint density at radius 1 is 1.43 bits per heavy atom. The maximum atomic E-state index is 11.1. The van der Waals surface area contributed by atoms with Gasteiger partial charge in [0, 0.05) is 7.11 Å². The topological polar surface area (TPSA) is 47.6 Å². The van der Waals surface area contributed by atoms with E-state index in [9.17, 15) is 4.79 Å². The van der Waals surface area contributed by atoms with Gasteiger partial charge in [-0.1, -0.05) is 0 Å². The van der Waals surface area contributed by atoms with Crippen LogP contribution in [0.2, 0.25) is 6.32 Å². The van der Waals surface area contributed by atoms with E-state index in [4.69, 9.17) is 9.47 Å². The molecule has 0 aromatic heterocycles. The van der Waals surface area contributed by atoms with Crippen molar-refractivity contribution >= 4 is 13.8 Å². The Morgan fingerprint density at radius 2 is 2.07 bits per heavy atom. The van der Waals surface area contributed by atoms with Gasteiger partial charge in [-0.3, -0.25) is 4.79 Å². The fourth-order valence-corrected chi connectivity index (χ4v) is 0.971. The molecule has 1 amide bonds. The van der Waals surface area contributed by atoms with Crippen molar-refractivity contribution in [2.24, 2.45) is 0 Å². The first-order valence-electron chi connectivity index (χ1n) is 5.00. The summed E-state index contributed by atoms with van der Waals surface area (Å²) in [7, 11) is 3.43. The van der Waals surface area contributed by atoms with Crippen LogP contribution in [-0.4, -0.2) is 46.2 Å². The number of ether oxygens (including phenoxy) is 2. The third-order valence-corrected chi connectivity index (χ3v) is 1.68. The van der Waals surface area contributed by atoms with E-state index in [2.05, 4.69) is 5.32 Å². The van der Waals surface area contributed by atoms with E-state index >= 15 is 0 Å². The molecule has 0 spiro atoms. The molecule has 0 saturated carbocycles. The smallest absolute Gasteiger partial charge is 0.212 e. The molecule has 0 heterocycles. The second kappa shape index (κ2) is 7.82. The van der Waals surface area contributed by atoms with Crippen molar-refractivity contribution < 1.29 is 14.3 Å². The standard InChI is InChI=1S/C9H20BNO3/c1-7(2)14-6-8(5-13-3)11-9(12)4-10/h7-8H,4-6,10H2,1-3H3,(H,11,12). The molecule has 5 heteroatoms. The molecule has 0 bridgehead atoms. The van der Waals surface area contributed by atoms with Crippen LogP contribution in [0.15, 0.2) is 0 Å². The molecule has 0 saturated heterocycles. The van der Waals surface area contributed by atoms with Gasteiger partial charge in [-0.2, -0.15) is 0 Å². The van der Waals surface area contributed by atoms with Gasteiger partial charge < -0.3 is 14.8 Å². The molecule has 0 aliphatic carbocycles. The van der Waals surface area contributed by atoms with Crippen LogP contribution in [-0.2, 0) is 14.3 Å². The van der Waals surface area contributed by atoms with Crippen molar-refractivity contribution in [3.05, 3.63) is 0 Å². The minimum atomic E-state index is -0.0464. The highest BCUT2D eigenvalue weighted by atomic mass is 16.5. The normalized spacial score (nSPS) is 12.9. The molecular weight excluding hydrogens is 181 g/mol. The van der Waals surface area contributed by atoms with Crippen LogP contribution in [0.25, 0.3) is 0 Å². The molecule has 1 unspecified atom stereocenters. The Balaban J connectivity index is 3.82. The molecule has 1 N–H and O–H groups in total. The highest BCUT2D eigenvalue weighted by Crippen LogP contribution is 1.93. The predicted octanol–water partition coefficient (Wildman–Crippen LogP) is -0.406.